The smallest absolute Gasteiger partial charge is 0.320 e. The molecule has 142 valence electrons. The summed E-state index contributed by atoms with van der Waals surface area (Å²) in [5.74, 6) is 0.101. The molecule has 0 radical (unpaired) electrons. The maximum Gasteiger partial charge on any atom is 0.320 e. The number of likely N-dealkylation sites (tertiary alicyclic amines) is 1. The van der Waals surface area contributed by atoms with Gasteiger partial charge in [0, 0.05) is 29.7 Å². The molecule has 1 aliphatic heterocycles. The lowest BCUT2D eigenvalue weighted by Gasteiger charge is -2.20. The number of nitrogens with two attached hydrogens (primary N) is 1. The minimum atomic E-state index is -0.714. The van der Waals surface area contributed by atoms with E-state index in [2.05, 4.69) is 4.98 Å². The molecule has 2 heterocycles. The average molecular weight is 398 g/mol. The molecule has 8 heteroatoms. The first-order valence-corrected chi connectivity index (χ1v) is 9.34. The third-order valence-electron chi connectivity index (χ3n) is 4.36. The maximum atomic E-state index is 11.2. The van der Waals surface area contributed by atoms with Crippen LogP contribution < -0.4 is 10.5 Å². The Morgan fingerprint density at radius 2 is 2.15 bits per heavy atom. The molecule has 2 aromatic rings. The molecular formula is C18H24ClN3O3S. The van der Waals surface area contributed by atoms with Gasteiger partial charge in [-0.2, -0.15) is 0 Å². The van der Waals surface area contributed by atoms with Crippen molar-refractivity contribution in [1.29, 1.82) is 0 Å². The third-order valence-corrected chi connectivity index (χ3v) is 5.43. The molecule has 1 aromatic heterocycles. The van der Waals surface area contributed by atoms with Crippen LogP contribution in [0.4, 0.5) is 0 Å². The lowest BCUT2D eigenvalue weighted by molar-refractivity contribution is -0.142. The van der Waals surface area contributed by atoms with Gasteiger partial charge in [0.05, 0.1) is 6.61 Å². The number of thiazole rings is 1. The van der Waals surface area contributed by atoms with Gasteiger partial charge in [0.2, 0.25) is 0 Å². The molecule has 0 saturated carbocycles. The average Bonchev–Trinajstić information content (AvgIpc) is 3.28. The molecule has 3 N–H and O–H groups in total. The predicted molar refractivity (Wildman–Crippen MR) is 105 cm³/mol. The van der Waals surface area contributed by atoms with Crippen molar-refractivity contribution in [3.63, 3.8) is 0 Å². The summed E-state index contributed by atoms with van der Waals surface area (Å²) in [6.07, 6.45) is 4.34. The minimum absolute atomic E-state index is 0. The maximum absolute atomic E-state index is 11.2. The van der Waals surface area contributed by atoms with Crippen LogP contribution in [0.2, 0.25) is 0 Å². The van der Waals surface area contributed by atoms with Crippen LogP contribution in [0.3, 0.4) is 0 Å². The zero-order valence-electron chi connectivity index (χ0n) is 14.5. The van der Waals surface area contributed by atoms with E-state index in [1.807, 2.05) is 35.4 Å². The highest BCUT2D eigenvalue weighted by Gasteiger charge is 2.29. The van der Waals surface area contributed by atoms with Gasteiger partial charge in [0.25, 0.3) is 0 Å². The Morgan fingerprint density at radius 1 is 1.38 bits per heavy atom. The molecule has 6 nitrogen and oxygen atoms in total. The van der Waals surface area contributed by atoms with Gasteiger partial charge in [-0.05, 0) is 50.1 Å². The molecule has 26 heavy (non-hydrogen) atoms. The van der Waals surface area contributed by atoms with E-state index in [1.54, 1.807) is 11.3 Å². The molecule has 3 rings (SSSR count). The van der Waals surface area contributed by atoms with Crippen molar-refractivity contribution in [3.05, 3.63) is 35.3 Å². The fourth-order valence-electron chi connectivity index (χ4n) is 3.06. The molecule has 1 fully saturated rings. The van der Waals surface area contributed by atoms with E-state index in [-0.39, 0.29) is 18.4 Å². The van der Waals surface area contributed by atoms with Gasteiger partial charge >= 0.3 is 5.97 Å². The van der Waals surface area contributed by atoms with Gasteiger partial charge in [-0.3, -0.25) is 9.69 Å². The summed E-state index contributed by atoms with van der Waals surface area (Å²) in [5, 5.41) is 10.1. The summed E-state index contributed by atoms with van der Waals surface area (Å²) in [5.41, 5.74) is 6.67. The number of hydrogen-bond acceptors (Lipinski definition) is 6. The second kappa shape index (κ2) is 9.87. The van der Waals surface area contributed by atoms with Crippen molar-refractivity contribution in [2.45, 2.75) is 31.8 Å². The van der Waals surface area contributed by atoms with Gasteiger partial charge in [0.1, 0.15) is 16.8 Å². The first-order valence-electron chi connectivity index (χ1n) is 8.52. The summed E-state index contributed by atoms with van der Waals surface area (Å²) in [6.45, 7) is 2.72. The number of carboxylic acids is 1. The SMILES string of the molecule is Cl.NCc1cnc(-c2ccc(OCCCN3CCC[C@H]3C(=O)O)cc2)s1. The highest BCUT2D eigenvalue weighted by atomic mass is 35.5. The van der Waals surface area contributed by atoms with Crippen molar-refractivity contribution < 1.29 is 14.6 Å². The fraction of sp³-hybridized carbons (Fsp3) is 0.444. The van der Waals surface area contributed by atoms with Gasteiger partial charge in [-0.15, -0.1) is 23.7 Å². The van der Waals surface area contributed by atoms with E-state index < -0.39 is 5.97 Å². The standard InChI is InChI=1S/C18H23N3O3S.ClH/c19-11-15-12-20-17(25-15)13-4-6-14(7-5-13)24-10-2-9-21-8-1-3-16(21)18(22)23;/h4-7,12,16H,1-3,8-11,19H2,(H,22,23);1H/t16-;/m0./s1. The van der Waals surface area contributed by atoms with Crippen LogP contribution in [-0.4, -0.2) is 46.7 Å². The van der Waals surface area contributed by atoms with E-state index >= 15 is 0 Å². The molecule has 1 aliphatic rings. The van der Waals surface area contributed by atoms with E-state index in [9.17, 15) is 9.90 Å². The number of nitrogens with zero attached hydrogens (tertiary/aromatic N) is 2. The zero-order valence-corrected chi connectivity index (χ0v) is 16.1. The monoisotopic (exact) mass is 397 g/mol. The van der Waals surface area contributed by atoms with E-state index in [1.165, 1.54) is 0 Å². The Balaban J connectivity index is 0.00000243. The van der Waals surface area contributed by atoms with Crippen molar-refractivity contribution in [2.24, 2.45) is 5.73 Å². The third kappa shape index (κ3) is 5.17. The quantitative estimate of drug-likeness (QED) is 0.665. The first-order chi connectivity index (χ1) is 12.2. The van der Waals surface area contributed by atoms with Gasteiger partial charge in [-0.1, -0.05) is 0 Å². The highest BCUT2D eigenvalue weighted by molar-refractivity contribution is 7.15. The van der Waals surface area contributed by atoms with Gasteiger partial charge < -0.3 is 15.6 Å². The Labute approximate surface area is 163 Å². The Bertz CT molecular complexity index is 708. The number of ether oxygens (including phenoxy) is 1. The molecule has 1 saturated heterocycles. The number of carbonyl (C=O) groups is 1. The summed E-state index contributed by atoms with van der Waals surface area (Å²) in [6, 6.07) is 7.55. The lowest BCUT2D eigenvalue weighted by atomic mass is 10.2. The Hall–Kier alpha value is -1.67. The lowest BCUT2D eigenvalue weighted by Crippen LogP contribution is -2.36. The van der Waals surface area contributed by atoms with Crippen molar-refractivity contribution in [2.75, 3.05) is 19.7 Å². The number of hydrogen-bond donors (Lipinski definition) is 2. The van der Waals surface area contributed by atoms with Crippen LogP contribution >= 0.6 is 23.7 Å². The molecule has 0 unspecified atom stereocenters. The van der Waals surface area contributed by atoms with Crippen LogP contribution in [-0.2, 0) is 11.3 Å². The van der Waals surface area contributed by atoms with Crippen LogP contribution in [0.15, 0.2) is 30.5 Å². The summed E-state index contributed by atoms with van der Waals surface area (Å²) >= 11 is 1.60. The molecular weight excluding hydrogens is 374 g/mol. The largest absolute Gasteiger partial charge is 0.494 e. The zero-order chi connectivity index (χ0) is 17.6. The Kier molecular flexibility index (Phi) is 7.84. The van der Waals surface area contributed by atoms with Crippen LogP contribution in [0.5, 0.6) is 5.75 Å². The minimum Gasteiger partial charge on any atom is -0.494 e. The molecule has 0 amide bonds. The van der Waals surface area contributed by atoms with E-state index in [0.717, 1.165) is 53.5 Å². The van der Waals surface area contributed by atoms with Crippen LogP contribution in [0.1, 0.15) is 24.1 Å². The van der Waals surface area contributed by atoms with E-state index in [0.29, 0.717) is 13.2 Å². The summed E-state index contributed by atoms with van der Waals surface area (Å²) < 4.78 is 5.77. The number of halogens is 1. The first kappa shape index (κ1) is 20.6. The molecule has 0 aliphatic carbocycles. The number of aliphatic carboxylic acids is 1. The Morgan fingerprint density at radius 3 is 2.81 bits per heavy atom. The number of benzene rings is 1. The second-order valence-electron chi connectivity index (χ2n) is 6.09. The van der Waals surface area contributed by atoms with Crippen molar-refractivity contribution >= 4 is 29.7 Å². The van der Waals surface area contributed by atoms with Crippen molar-refractivity contribution in [1.82, 2.24) is 9.88 Å². The number of rotatable bonds is 8. The molecule has 1 atom stereocenters. The fourth-order valence-corrected chi connectivity index (χ4v) is 3.86. The number of aromatic nitrogens is 1. The van der Waals surface area contributed by atoms with Crippen LogP contribution in [0.25, 0.3) is 10.6 Å². The van der Waals surface area contributed by atoms with Gasteiger partial charge in [-0.25, -0.2) is 4.98 Å². The second-order valence-corrected chi connectivity index (χ2v) is 7.21. The van der Waals surface area contributed by atoms with Gasteiger partial charge in [0.15, 0.2) is 0 Å². The number of carboxylic acid groups (broad SMARTS) is 1. The predicted octanol–water partition coefficient (Wildman–Crippen LogP) is 3.01. The molecule has 0 bridgehead atoms. The topological polar surface area (TPSA) is 88.7 Å². The normalized spacial score (nSPS) is 17.0. The van der Waals surface area contributed by atoms with E-state index in [4.69, 9.17) is 10.5 Å². The highest BCUT2D eigenvalue weighted by Crippen LogP contribution is 2.26. The summed E-state index contributed by atoms with van der Waals surface area (Å²) in [7, 11) is 0. The molecule has 1 aromatic carbocycles. The summed E-state index contributed by atoms with van der Waals surface area (Å²) in [4.78, 5) is 18.6. The van der Waals surface area contributed by atoms with Crippen molar-refractivity contribution in [3.8, 4) is 16.3 Å². The van der Waals surface area contributed by atoms with Crippen LogP contribution in [0, 0.1) is 0 Å². The molecule has 0 spiro atoms.